The van der Waals surface area contributed by atoms with Crippen LogP contribution in [-0.4, -0.2) is 25.0 Å². The lowest BCUT2D eigenvalue weighted by Crippen LogP contribution is -2.87. The minimum Gasteiger partial charge on any atom is -0.462 e. The zero-order valence-corrected chi connectivity index (χ0v) is 16.4. The molecule has 28 heavy (non-hydrogen) atoms. The van der Waals surface area contributed by atoms with Crippen molar-refractivity contribution in [1.82, 2.24) is 0 Å². The fourth-order valence-electron chi connectivity index (χ4n) is 2.95. The van der Waals surface area contributed by atoms with Gasteiger partial charge in [-0.05, 0) is 30.5 Å². The van der Waals surface area contributed by atoms with Crippen molar-refractivity contribution in [2.75, 3.05) is 18.5 Å². The van der Waals surface area contributed by atoms with E-state index in [1.165, 1.54) is 4.88 Å². The Morgan fingerprint density at radius 3 is 2.50 bits per heavy atom. The Morgan fingerprint density at radius 1 is 1.04 bits per heavy atom. The second-order valence-corrected chi connectivity index (χ2v) is 7.14. The van der Waals surface area contributed by atoms with E-state index in [4.69, 9.17) is 4.74 Å². The van der Waals surface area contributed by atoms with Gasteiger partial charge in [0.2, 0.25) is 0 Å². The number of thiophene rings is 1. The van der Waals surface area contributed by atoms with E-state index in [9.17, 15) is 9.59 Å². The molecule has 0 radical (unpaired) electrons. The number of ether oxygens (including phenoxy) is 1. The summed E-state index contributed by atoms with van der Waals surface area (Å²) in [7, 11) is 0. The van der Waals surface area contributed by atoms with Gasteiger partial charge in [-0.25, -0.2) is 4.79 Å². The number of amides is 1. The summed E-state index contributed by atoms with van der Waals surface area (Å²) in [6, 6.07) is 21.1. The van der Waals surface area contributed by atoms with E-state index < -0.39 is 5.97 Å². The quantitative estimate of drug-likeness (QED) is 0.575. The molecule has 1 atom stereocenters. The predicted octanol–water partition coefficient (Wildman–Crippen LogP) is 3.22. The van der Waals surface area contributed by atoms with Crippen LogP contribution in [0.2, 0.25) is 0 Å². The van der Waals surface area contributed by atoms with Gasteiger partial charge in [0.05, 0.1) is 22.7 Å². The number of hydrogen-bond acceptors (Lipinski definition) is 4. The molecule has 0 bridgehead atoms. The molecule has 0 aliphatic rings. The third-order valence-corrected chi connectivity index (χ3v) is 5.20. The summed E-state index contributed by atoms with van der Waals surface area (Å²) < 4.78 is 5.06. The van der Waals surface area contributed by atoms with E-state index >= 15 is 0 Å². The minimum absolute atomic E-state index is 0.0484. The van der Waals surface area contributed by atoms with Crippen molar-refractivity contribution in [2.24, 2.45) is 0 Å². The summed E-state index contributed by atoms with van der Waals surface area (Å²) in [6.45, 7) is 2.27. The molecule has 2 aromatic carbocycles. The number of nitrogens with one attached hydrogen (secondary N) is 1. The van der Waals surface area contributed by atoms with Crippen molar-refractivity contribution in [3.63, 3.8) is 0 Å². The van der Waals surface area contributed by atoms with Gasteiger partial charge in [0.1, 0.15) is 6.04 Å². The Balaban J connectivity index is 1.69. The molecule has 5 nitrogen and oxygen atoms in total. The van der Waals surface area contributed by atoms with Gasteiger partial charge in [-0.15, -0.1) is 11.3 Å². The second-order valence-electron chi connectivity index (χ2n) is 6.16. The molecule has 1 amide bonds. The van der Waals surface area contributed by atoms with Crippen LogP contribution in [0.1, 0.15) is 33.8 Å². The van der Waals surface area contributed by atoms with Crippen LogP contribution in [0.5, 0.6) is 0 Å². The normalized spacial score (nSPS) is 11.6. The molecule has 0 spiro atoms. The number of hydrogen-bond donors (Lipinski definition) is 2. The first-order chi connectivity index (χ1) is 13.7. The van der Waals surface area contributed by atoms with E-state index in [0.29, 0.717) is 11.3 Å². The summed E-state index contributed by atoms with van der Waals surface area (Å²) in [5.74, 6) is -0.614. The molecule has 144 valence electrons. The van der Waals surface area contributed by atoms with E-state index in [0.717, 1.165) is 5.56 Å². The molecule has 3 N–H and O–H groups in total. The Hall–Kier alpha value is -2.96. The maximum absolute atomic E-state index is 12.6. The lowest BCUT2D eigenvalue weighted by Gasteiger charge is -2.15. The summed E-state index contributed by atoms with van der Waals surface area (Å²) >= 11 is 1.67. The molecule has 0 saturated carbocycles. The van der Waals surface area contributed by atoms with Gasteiger partial charge in [0.25, 0.3) is 5.91 Å². The van der Waals surface area contributed by atoms with Crippen LogP contribution in [0.15, 0.2) is 72.1 Å². The van der Waals surface area contributed by atoms with E-state index in [1.807, 2.05) is 35.0 Å². The average molecular weight is 396 g/mol. The third-order valence-electron chi connectivity index (χ3n) is 4.24. The van der Waals surface area contributed by atoms with Crippen LogP contribution in [0.4, 0.5) is 5.69 Å². The van der Waals surface area contributed by atoms with Gasteiger partial charge in [-0.2, -0.15) is 0 Å². The highest BCUT2D eigenvalue weighted by molar-refractivity contribution is 7.10. The number of carbonyl (C=O) groups is 2. The van der Waals surface area contributed by atoms with Crippen LogP contribution in [-0.2, 0) is 9.53 Å². The standard InChI is InChI=1S/C22H22N2O3S/c1-2-27-22(26)17-11-6-7-12-18(17)24-20(25)15-23-21(19-13-8-14-28-19)16-9-4-3-5-10-16/h3-14,21,23H,2,15H2,1H3,(H,24,25)/p+1/t21-/m0/s1. The SMILES string of the molecule is CCOC(=O)c1ccccc1NC(=O)C[NH2+][C@@H](c1ccccc1)c1cccs1. The van der Waals surface area contributed by atoms with Gasteiger partial charge >= 0.3 is 5.97 Å². The summed E-state index contributed by atoms with van der Waals surface area (Å²) in [5.41, 5.74) is 1.96. The lowest BCUT2D eigenvalue weighted by molar-refractivity contribution is -0.675. The molecule has 0 aliphatic carbocycles. The summed E-state index contributed by atoms with van der Waals surface area (Å²) in [6.07, 6.45) is 0. The topological polar surface area (TPSA) is 72.0 Å². The van der Waals surface area contributed by atoms with Crippen LogP contribution >= 0.6 is 11.3 Å². The molecular weight excluding hydrogens is 372 g/mol. The third kappa shape index (κ3) is 5.06. The number of esters is 1. The smallest absolute Gasteiger partial charge is 0.340 e. The van der Waals surface area contributed by atoms with E-state index in [-0.39, 0.29) is 25.1 Å². The first-order valence-electron chi connectivity index (χ1n) is 9.16. The highest BCUT2D eigenvalue weighted by Crippen LogP contribution is 2.22. The average Bonchev–Trinajstić information content (AvgIpc) is 3.24. The monoisotopic (exact) mass is 395 g/mol. The van der Waals surface area contributed by atoms with Crippen molar-refractivity contribution < 1.29 is 19.6 Å². The number of rotatable bonds is 8. The summed E-state index contributed by atoms with van der Waals surface area (Å²) in [5, 5.41) is 6.87. The summed E-state index contributed by atoms with van der Waals surface area (Å²) in [4.78, 5) is 25.8. The molecule has 1 aromatic heterocycles. The number of nitrogens with two attached hydrogens (primary N) is 1. The number of carbonyl (C=O) groups excluding carboxylic acids is 2. The number of benzene rings is 2. The molecule has 0 saturated heterocycles. The van der Waals surface area contributed by atoms with Crippen molar-refractivity contribution in [2.45, 2.75) is 13.0 Å². The first kappa shape index (κ1) is 19.8. The minimum atomic E-state index is -0.442. The van der Waals surface area contributed by atoms with Gasteiger partial charge < -0.3 is 15.4 Å². The second kappa shape index (κ2) is 9.82. The first-order valence-corrected chi connectivity index (χ1v) is 10.0. The lowest BCUT2D eigenvalue weighted by atomic mass is 10.1. The molecule has 0 aliphatic heterocycles. The fraction of sp³-hybridized carbons (Fsp3) is 0.182. The fourth-order valence-corrected chi connectivity index (χ4v) is 3.80. The zero-order chi connectivity index (χ0) is 19.8. The van der Waals surface area contributed by atoms with Gasteiger partial charge in [-0.3, -0.25) is 4.79 Å². The largest absolute Gasteiger partial charge is 0.462 e. The van der Waals surface area contributed by atoms with Crippen molar-refractivity contribution in [3.8, 4) is 0 Å². The molecule has 3 aromatic rings. The maximum Gasteiger partial charge on any atom is 0.340 e. The van der Waals surface area contributed by atoms with Crippen molar-refractivity contribution >= 4 is 28.9 Å². The van der Waals surface area contributed by atoms with Gasteiger partial charge in [0, 0.05) is 5.56 Å². The number of anilines is 1. The highest BCUT2D eigenvalue weighted by Gasteiger charge is 2.21. The van der Waals surface area contributed by atoms with E-state index in [1.54, 1.807) is 42.5 Å². The Bertz CT molecular complexity index is 911. The number of para-hydroxylation sites is 1. The molecule has 3 rings (SSSR count). The Kier molecular flexibility index (Phi) is 6.94. The Labute approximate surface area is 168 Å². The highest BCUT2D eigenvalue weighted by atomic mass is 32.1. The van der Waals surface area contributed by atoms with Crippen molar-refractivity contribution in [1.29, 1.82) is 0 Å². The van der Waals surface area contributed by atoms with Crippen LogP contribution in [0.3, 0.4) is 0 Å². The molecule has 0 unspecified atom stereocenters. The van der Waals surface area contributed by atoms with Crippen LogP contribution < -0.4 is 10.6 Å². The molecule has 6 heteroatoms. The maximum atomic E-state index is 12.6. The van der Waals surface area contributed by atoms with Crippen LogP contribution in [0.25, 0.3) is 0 Å². The molecular formula is C22H23N2O3S+. The van der Waals surface area contributed by atoms with Gasteiger partial charge in [-0.1, -0.05) is 48.5 Å². The van der Waals surface area contributed by atoms with E-state index in [2.05, 4.69) is 23.5 Å². The van der Waals surface area contributed by atoms with Gasteiger partial charge in [0.15, 0.2) is 6.54 Å². The van der Waals surface area contributed by atoms with Crippen molar-refractivity contribution in [3.05, 3.63) is 88.1 Å². The predicted molar refractivity (Wildman–Crippen MR) is 110 cm³/mol. The zero-order valence-electron chi connectivity index (χ0n) is 15.6. The number of quaternary nitrogens is 1. The molecule has 1 heterocycles. The van der Waals surface area contributed by atoms with Crippen LogP contribution in [0, 0.1) is 0 Å². The Morgan fingerprint density at radius 2 is 1.79 bits per heavy atom. The molecule has 0 fully saturated rings.